The molecule has 0 saturated heterocycles. The smallest absolute Gasteiger partial charge is 0.337 e. The van der Waals surface area contributed by atoms with E-state index in [2.05, 4.69) is 15.9 Å². The first kappa shape index (κ1) is 11.0. The van der Waals surface area contributed by atoms with Crippen LogP contribution in [0.5, 0.6) is 5.75 Å². The number of ether oxygens (including phenoxy) is 1. The molecule has 0 aliphatic carbocycles. The lowest BCUT2D eigenvalue weighted by molar-refractivity contribution is -0.147. The largest absolute Gasteiger partial charge is 0.497 e. The van der Waals surface area contributed by atoms with Gasteiger partial charge in [0.05, 0.1) is 7.11 Å². The number of aliphatic carboxylic acids is 1. The van der Waals surface area contributed by atoms with Gasteiger partial charge in [0.25, 0.3) is 0 Å². The summed E-state index contributed by atoms with van der Waals surface area (Å²) in [6, 6.07) is 4.77. The van der Waals surface area contributed by atoms with Crippen molar-refractivity contribution in [2.75, 3.05) is 7.11 Å². The summed E-state index contributed by atoms with van der Waals surface area (Å²) in [6.07, 6.45) is -1.54. The minimum Gasteiger partial charge on any atom is -0.497 e. The van der Waals surface area contributed by atoms with Gasteiger partial charge >= 0.3 is 5.97 Å². The van der Waals surface area contributed by atoms with Crippen molar-refractivity contribution < 1.29 is 19.7 Å². The number of rotatable bonds is 3. The molecule has 76 valence electrons. The van der Waals surface area contributed by atoms with Gasteiger partial charge in [-0.2, -0.15) is 0 Å². The first-order valence-corrected chi connectivity index (χ1v) is 4.60. The quantitative estimate of drug-likeness (QED) is 0.866. The Morgan fingerprint density at radius 1 is 1.57 bits per heavy atom. The van der Waals surface area contributed by atoms with E-state index >= 15 is 0 Å². The molecule has 0 amide bonds. The van der Waals surface area contributed by atoms with E-state index in [1.165, 1.54) is 13.2 Å². The van der Waals surface area contributed by atoms with Gasteiger partial charge in [0.15, 0.2) is 6.10 Å². The van der Waals surface area contributed by atoms with Crippen LogP contribution in [0.1, 0.15) is 11.7 Å². The van der Waals surface area contributed by atoms with Crippen LogP contribution in [0.2, 0.25) is 0 Å². The Kier molecular flexibility index (Phi) is 3.49. The molecule has 0 saturated carbocycles. The van der Waals surface area contributed by atoms with Crippen molar-refractivity contribution in [3.63, 3.8) is 0 Å². The summed E-state index contributed by atoms with van der Waals surface area (Å²) in [5.74, 6) is -0.789. The predicted molar refractivity (Wildman–Crippen MR) is 53.3 cm³/mol. The normalized spacial score (nSPS) is 12.2. The van der Waals surface area contributed by atoms with Crippen LogP contribution in [0.4, 0.5) is 0 Å². The SMILES string of the molecule is COc1ccc(Br)c(C(O)C(=O)O)c1. The van der Waals surface area contributed by atoms with Crippen molar-refractivity contribution in [1.82, 2.24) is 0 Å². The van der Waals surface area contributed by atoms with Gasteiger partial charge in [-0.1, -0.05) is 15.9 Å². The zero-order valence-electron chi connectivity index (χ0n) is 7.40. The number of aliphatic hydroxyl groups is 1. The molecule has 0 radical (unpaired) electrons. The molecule has 1 atom stereocenters. The molecule has 4 nitrogen and oxygen atoms in total. The van der Waals surface area contributed by atoms with E-state index in [0.717, 1.165) is 0 Å². The highest BCUT2D eigenvalue weighted by Crippen LogP contribution is 2.27. The molecule has 0 fully saturated rings. The zero-order valence-corrected chi connectivity index (χ0v) is 8.98. The maximum atomic E-state index is 10.5. The van der Waals surface area contributed by atoms with Gasteiger partial charge < -0.3 is 14.9 Å². The summed E-state index contributed by atoms with van der Waals surface area (Å²) < 4.78 is 5.45. The number of methoxy groups -OCH3 is 1. The Bertz CT molecular complexity index is 351. The second-order valence-corrected chi connectivity index (χ2v) is 3.48. The molecular weight excluding hydrogens is 252 g/mol. The maximum absolute atomic E-state index is 10.5. The summed E-state index contributed by atoms with van der Waals surface area (Å²) >= 11 is 3.15. The molecular formula is C9H9BrO4. The average Bonchev–Trinajstić information content (AvgIpc) is 2.17. The Morgan fingerprint density at radius 2 is 2.21 bits per heavy atom. The summed E-state index contributed by atoms with van der Waals surface area (Å²) in [7, 11) is 1.47. The first-order chi connectivity index (χ1) is 6.56. The van der Waals surface area contributed by atoms with E-state index in [0.29, 0.717) is 10.2 Å². The van der Waals surface area contributed by atoms with Crippen molar-refractivity contribution in [2.24, 2.45) is 0 Å². The second kappa shape index (κ2) is 4.43. The van der Waals surface area contributed by atoms with Crippen LogP contribution < -0.4 is 4.74 Å². The van der Waals surface area contributed by atoms with Crippen molar-refractivity contribution >= 4 is 21.9 Å². The minimum atomic E-state index is -1.54. The number of hydrogen-bond donors (Lipinski definition) is 2. The van der Waals surface area contributed by atoms with Gasteiger partial charge in [-0.25, -0.2) is 4.79 Å². The summed E-state index contributed by atoms with van der Waals surface area (Å²) in [5.41, 5.74) is 0.275. The molecule has 0 spiro atoms. The van der Waals surface area contributed by atoms with E-state index in [9.17, 15) is 9.90 Å². The Labute approximate surface area is 89.3 Å². The van der Waals surface area contributed by atoms with Gasteiger partial charge in [0.2, 0.25) is 0 Å². The molecule has 5 heteroatoms. The van der Waals surface area contributed by atoms with E-state index in [1.54, 1.807) is 12.1 Å². The molecule has 14 heavy (non-hydrogen) atoms. The molecule has 1 aromatic rings. The highest BCUT2D eigenvalue weighted by atomic mass is 79.9. The van der Waals surface area contributed by atoms with Gasteiger partial charge in [-0.3, -0.25) is 0 Å². The topological polar surface area (TPSA) is 66.8 Å². The third kappa shape index (κ3) is 2.24. The van der Waals surface area contributed by atoms with Crippen molar-refractivity contribution in [3.8, 4) is 5.75 Å². The molecule has 0 aromatic heterocycles. The molecule has 0 heterocycles. The Morgan fingerprint density at radius 3 is 2.71 bits per heavy atom. The van der Waals surface area contributed by atoms with Crippen molar-refractivity contribution in [1.29, 1.82) is 0 Å². The Balaban J connectivity index is 3.11. The van der Waals surface area contributed by atoms with Crippen LogP contribution in [0.15, 0.2) is 22.7 Å². The monoisotopic (exact) mass is 260 g/mol. The lowest BCUT2D eigenvalue weighted by Crippen LogP contribution is -2.11. The highest BCUT2D eigenvalue weighted by Gasteiger charge is 2.19. The number of aliphatic hydroxyl groups excluding tert-OH is 1. The number of hydrogen-bond acceptors (Lipinski definition) is 3. The number of benzene rings is 1. The molecule has 0 aliphatic heterocycles. The van der Waals surface area contributed by atoms with Crippen LogP contribution in [-0.4, -0.2) is 23.3 Å². The van der Waals surface area contributed by atoms with E-state index in [-0.39, 0.29) is 5.56 Å². The summed E-state index contributed by atoms with van der Waals surface area (Å²) in [4.78, 5) is 10.5. The van der Waals surface area contributed by atoms with Crippen LogP contribution >= 0.6 is 15.9 Å². The zero-order chi connectivity index (χ0) is 10.7. The standard InChI is InChI=1S/C9H9BrO4/c1-14-5-2-3-7(10)6(4-5)8(11)9(12)13/h2-4,8,11H,1H3,(H,12,13). The molecule has 1 unspecified atom stereocenters. The third-order valence-electron chi connectivity index (χ3n) is 1.73. The van der Waals surface area contributed by atoms with Gasteiger partial charge in [-0.15, -0.1) is 0 Å². The number of carboxylic acids is 1. The Hall–Kier alpha value is -1.07. The average molecular weight is 261 g/mol. The first-order valence-electron chi connectivity index (χ1n) is 3.80. The highest BCUT2D eigenvalue weighted by molar-refractivity contribution is 9.10. The van der Waals surface area contributed by atoms with Gasteiger partial charge in [0, 0.05) is 10.0 Å². The molecule has 0 aliphatic rings. The number of carboxylic acid groups (broad SMARTS) is 1. The summed E-state index contributed by atoms with van der Waals surface area (Å²) in [6.45, 7) is 0. The van der Waals surface area contributed by atoms with E-state index in [1.807, 2.05) is 0 Å². The molecule has 0 bridgehead atoms. The van der Waals surface area contributed by atoms with Crippen molar-refractivity contribution in [2.45, 2.75) is 6.10 Å². The van der Waals surface area contributed by atoms with Crippen LogP contribution in [-0.2, 0) is 4.79 Å². The molecule has 2 N–H and O–H groups in total. The van der Waals surface area contributed by atoms with E-state index in [4.69, 9.17) is 9.84 Å². The fourth-order valence-electron chi connectivity index (χ4n) is 0.991. The fraction of sp³-hybridized carbons (Fsp3) is 0.222. The summed E-state index contributed by atoms with van der Waals surface area (Å²) in [5, 5.41) is 17.9. The number of carbonyl (C=O) groups is 1. The van der Waals surface area contributed by atoms with Crippen LogP contribution in [0, 0.1) is 0 Å². The maximum Gasteiger partial charge on any atom is 0.337 e. The lowest BCUT2D eigenvalue weighted by atomic mass is 10.1. The fourth-order valence-corrected chi connectivity index (χ4v) is 1.45. The minimum absolute atomic E-state index is 0.275. The molecule has 1 aromatic carbocycles. The van der Waals surface area contributed by atoms with Crippen molar-refractivity contribution in [3.05, 3.63) is 28.2 Å². The van der Waals surface area contributed by atoms with Crippen LogP contribution in [0.3, 0.4) is 0 Å². The molecule has 1 rings (SSSR count). The lowest BCUT2D eigenvalue weighted by Gasteiger charge is -2.09. The van der Waals surface area contributed by atoms with Gasteiger partial charge in [0.1, 0.15) is 5.75 Å². The number of halogens is 1. The predicted octanol–water partition coefficient (Wildman–Crippen LogP) is 1.58. The van der Waals surface area contributed by atoms with Gasteiger partial charge in [-0.05, 0) is 18.2 Å². The third-order valence-corrected chi connectivity index (χ3v) is 2.45. The van der Waals surface area contributed by atoms with E-state index < -0.39 is 12.1 Å². The second-order valence-electron chi connectivity index (χ2n) is 2.63. The van der Waals surface area contributed by atoms with Crippen LogP contribution in [0.25, 0.3) is 0 Å².